The van der Waals surface area contributed by atoms with Crippen molar-refractivity contribution in [2.45, 2.75) is 12.8 Å². The topological polar surface area (TPSA) is 122 Å². The molecule has 8 nitrogen and oxygen atoms in total. The van der Waals surface area contributed by atoms with Gasteiger partial charge in [-0.25, -0.2) is 4.79 Å². The Labute approximate surface area is 114 Å². The highest BCUT2D eigenvalue weighted by Gasteiger charge is 2.06. The molecular formula is C12H15N3O5. The molecule has 0 aliphatic rings. The standard InChI is InChI=1S/C12H15N3O5/c16-11(17)5-7-14-12(18)13-6-4-9-2-1-3-10(8-9)15(19)20/h1-3,8H,4-7H2,(H,16,17)(H2,13,14,18). The number of nitro groups is 1. The molecule has 0 unspecified atom stereocenters. The van der Waals surface area contributed by atoms with Gasteiger partial charge >= 0.3 is 12.0 Å². The number of carboxylic acids is 1. The highest BCUT2D eigenvalue weighted by atomic mass is 16.6. The quantitative estimate of drug-likeness (QED) is 0.506. The minimum Gasteiger partial charge on any atom is -0.481 e. The van der Waals surface area contributed by atoms with E-state index in [-0.39, 0.29) is 18.7 Å². The molecule has 0 aliphatic heterocycles. The average Bonchev–Trinajstić information content (AvgIpc) is 2.38. The number of rotatable bonds is 7. The van der Waals surface area contributed by atoms with E-state index in [4.69, 9.17) is 5.11 Å². The van der Waals surface area contributed by atoms with Gasteiger partial charge in [0.05, 0.1) is 11.3 Å². The highest BCUT2D eigenvalue weighted by Crippen LogP contribution is 2.12. The Morgan fingerprint density at radius 1 is 1.25 bits per heavy atom. The van der Waals surface area contributed by atoms with E-state index < -0.39 is 16.9 Å². The lowest BCUT2D eigenvalue weighted by molar-refractivity contribution is -0.384. The minimum atomic E-state index is -0.984. The molecule has 3 N–H and O–H groups in total. The van der Waals surface area contributed by atoms with Gasteiger partial charge in [0.15, 0.2) is 0 Å². The van der Waals surface area contributed by atoms with Crippen molar-refractivity contribution in [2.75, 3.05) is 13.1 Å². The van der Waals surface area contributed by atoms with Crippen LogP contribution in [0, 0.1) is 10.1 Å². The smallest absolute Gasteiger partial charge is 0.314 e. The second-order valence-electron chi connectivity index (χ2n) is 4.00. The van der Waals surface area contributed by atoms with E-state index in [0.717, 1.165) is 5.56 Å². The Bertz CT molecular complexity index is 504. The van der Waals surface area contributed by atoms with Gasteiger partial charge in [-0.1, -0.05) is 12.1 Å². The maximum absolute atomic E-state index is 11.3. The SMILES string of the molecule is O=C(O)CCNC(=O)NCCc1cccc([N+](=O)[O-])c1. The molecule has 108 valence electrons. The second kappa shape index (κ2) is 7.72. The predicted molar refractivity (Wildman–Crippen MR) is 70.5 cm³/mol. The molecular weight excluding hydrogens is 266 g/mol. The van der Waals surface area contributed by atoms with Crippen molar-refractivity contribution in [2.24, 2.45) is 0 Å². The third-order valence-electron chi connectivity index (χ3n) is 2.45. The first-order chi connectivity index (χ1) is 9.49. The number of carboxylic acid groups (broad SMARTS) is 1. The van der Waals surface area contributed by atoms with Crippen LogP contribution < -0.4 is 10.6 Å². The molecule has 0 heterocycles. The molecule has 20 heavy (non-hydrogen) atoms. The zero-order chi connectivity index (χ0) is 15.0. The summed E-state index contributed by atoms with van der Waals surface area (Å²) in [5, 5.41) is 23.9. The molecule has 0 saturated carbocycles. The van der Waals surface area contributed by atoms with Crippen molar-refractivity contribution in [1.29, 1.82) is 0 Å². The van der Waals surface area contributed by atoms with Crippen LogP contribution in [0.5, 0.6) is 0 Å². The lowest BCUT2D eigenvalue weighted by Gasteiger charge is -2.06. The van der Waals surface area contributed by atoms with Gasteiger partial charge in [0.2, 0.25) is 0 Å². The number of benzene rings is 1. The Hall–Kier alpha value is -2.64. The summed E-state index contributed by atoms with van der Waals surface area (Å²) in [6.45, 7) is 0.359. The summed E-state index contributed by atoms with van der Waals surface area (Å²) in [7, 11) is 0. The fourth-order valence-electron chi connectivity index (χ4n) is 1.49. The first kappa shape index (κ1) is 15.4. The van der Waals surface area contributed by atoms with E-state index in [1.54, 1.807) is 12.1 Å². The number of urea groups is 1. The molecule has 8 heteroatoms. The number of carbonyl (C=O) groups excluding carboxylic acids is 1. The van der Waals surface area contributed by atoms with E-state index in [2.05, 4.69) is 10.6 Å². The van der Waals surface area contributed by atoms with Crippen LogP contribution in [0.4, 0.5) is 10.5 Å². The lowest BCUT2D eigenvalue weighted by atomic mass is 10.1. The average molecular weight is 281 g/mol. The Kier molecular flexibility index (Phi) is 5.95. The summed E-state index contributed by atoms with van der Waals surface area (Å²) < 4.78 is 0. The molecule has 0 aliphatic carbocycles. The number of carbonyl (C=O) groups is 2. The molecule has 1 aromatic carbocycles. The van der Waals surface area contributed by atoms with Crippen LogP contribution in [0.2, 0.25) is 0 Å². The number of non-ortho nitro benzene ring substituents is 1. The van der Waals surface area contributed by atoms with Crippen molar-refractivity contribution in [3.63, 3.8) is 0 Å². The fraction of sp³-hybridized carbons (Fsp3) is 0.333. The number of nitrogens with zero attached hydrogens (tertiary/aromatic N) is 1. The molecule has 0 bridgehead atoms. The molecule has 0 fully saturated rings. The maximum Gasteiger partial charge on any atom is 0.314 e. The molecule has 1 rings (SSSR count). The lowest BCUT2D eigenvalue weighted by Crippen LogP contribution is -2.37. The normalized spacial score (nSPS) is 9.80. The van der Waals surface area contributed by atoms with Gasteiger partial charge in [-0.05, 0) is 12.0 Å². The first-order valence-electron chi connectivity index (χ1n) is 5.96. The van der Waals surface area contributed by atoms with Crippen LogP contribution in [0.15, 0.2) is 24.3 Å². The van der Waals surface area contributed by atoms with Gasteiger partial charge in [0, 0.05) is 25.2 Å². The molecule has 0 saturated heterocycles. The summed E-state index contributed by atoms with van der Waals surface area (Å²) in [5.74, 6) is -0.984. The zero-order valence-electron chi connectivity index (χ0n) is 10.7. The third-order valence-corrected chi connectivity index (χ3v) is 2.45. The number of hydrogen-bond donors (Lipinski definition) is 3. The molecule has 2 amide bonds. The third kappa shape index (κ3) is 5.80. The highest BCUT2D eigenvalue weighted by molar-refractivity contribution is 5.74. The molecule has 0 spiro atoms. The van der Waals surface area contributed by atoms with E-state index in [1.807, 2.05) is 0 Å². The predicted octanol–water partition coefficient (Wildman–Crippen LogP) is 0.911. The summed E-state index contributed by atoms with van der Waals surface area (Å²) in [4.78, 5) is 31.6. The van der Waals surface area contributed by atoms with Gasteiger partial charge < -0.3 is 15.7 Å². The summed E-state index contributed by atoms with van der Waals surface area (Å²) in [6, 6.07) is 5.70. The van der Waals surface area contributed by atoms with Crippen LogP contribution in [-0.2, 0) is 11.2 Å². The molecule has 1 aromatic rings. The van der Waals surface area contributed by atoms with Crippen LogP contribution >= 0.6 is 0 Å². The Morgan fingerprint density at radius 2 is 1.95 bits per heavy atom. The van der Waals surface area contributed by atoms with E-state index in [9.17, 15) is 19.7 Å². The summed E-state index contributed by atoms with van der Waals surface area (Å²) >= 11 is 0. The second-order valence-corrected chi connectivity index (χ2v) is 4.00. The van der Waals surface area contributed by atoms with E-state index >= 15 is 0 Å². The van der Waals surface area contributed by atoms with Crippen molar-refractivity contribution >= 4 is 17.7 Å². The fourth-order valence-corrected chi connectivity index (χ4v) is 1.49. The summed E-state index contributed by atoms with van der Waals surface area (Å²) in [5.41, 5.74) is 0.749. The monoisotopic (exact) mass is 281 g/mol. The first-order valence-corrected chi connectivity index (χ1v) is 5.96. The molecule has 0 aromatic heterocycles. The minimum absolute atomic E-state index is 0.00779. The largest absolute Gasteiger partial charge is 0.481 e. The number of aliphatic carboxylic acids is 1. The zero-order valence-corrected chi connectivity index (χ0v) is 10.7. The Morgan fingerprint density at radius 3 is 2.60 bits per heavy atom. The number of amides is 2. The number of hydrogen-bond acceptors (Lipinski definition) is 4. The number of nitrogens with one attached hydrogen (secondary N) is 2. The van der Waals surface area contributed by atoms with E-state index in [1.165, 1.54) is 12.1 Å². The van der Waals surface area contributed by atoms with Gasteiger partial charge in [-0.3, -0.25) is 14.9 Å². The molecule has 0 atom stereocenters. The summed E-state index contributed by atoms with van der Waals surface area (Å²) in [6.07, 6.45) is 0.312. The van der Waals surface area contributed by atoms with Crippen LogP contribution in [-0.4, -0.2) is 35.1 Å². The van der Waals surface area contributed by atoms with Gasteiger partial charge in [0.1, 0.15) is 0 Å². The molecule has 0 radical (unpaired) electrons. The van der Waals surface area contributed by atoms with Crippen molar-refractivity contribution in [1.82, 2.24) is 10.6 Å². The number of nitro benzene ring substituents is 1. The van der Waals surface area contributed by atoms with Gasteiger partial charge in [-0.15, -0.1) is 0 Å². The van der Waals surface area contributed by atoms with Crippen LogP contribution in [0.25, 0.3) is 0 Å². The van der Waals surface area contributed by atoms with Crippen molar-refractivity contribution in [3.8, 4) is 0 Å². The van der Waals surface area contributed by atoms with Gasteiger partial charge in [0.25, 0.3) is 5.69 Å². The van der Waals surface area contributed by atoms with Crippen molar-refractivity contribution < 1.29 is 19.6 Å². The van der Waals surface area contributed by atoms with Gasteiger partial charge in [-0.2, -0.15) is 0 Å². The van der Waals surface area contributed by atoms with Crippen molar-refractivity contribution in [3.05, 3.63) is 39.9 Å². The van der Waals surface area contributed by atoms with E-state index in [0.29, 0.717) is 13.0 Å². The maximum atomic E-state index is 11.3. The van der Waals surface area contributed by atoms with Crippen LogP contribution in [0.3, 0.4) is 0 Å². The Balaban J connectivity index is 2.30. The van der Waals surface area contributed by atoms with Crippen LogP contribution in [0.1, 0.15) is 12.0 Å².